The van der Waals surface area contributed by atoms with Gasteiger partial charge in [0.05, 0.1) is 4.92 Å². The Bertz CT molecular complexity index is 693. The lowest BCUT2D eigenvalue weighted by molar-refractivity contribution is -0.384. The van der Waals surface area contributed by atoms with Gasteiger partial charge in [0.15, 0.2) is 0 Å². The van der Waals surface area contributed by atoms with Crippen LogP contribution in [0.15, 0.2) is 12.1 Å². The number of aliphatic carboxylic acids is 2. The second-order valence-corrected chi connectivity index (χ2v) is 6.19. The second kappa shape index (κ2) is 7.32. The molecule has 0 saturated carbocycles. The number of carboxylic acids is 2. The summed E-state index contributed by atoms with van der Waals surface area (Å²) in [5.74, 6) is -2.38. The second-order valence-electron chi connectivity index (χ2n) is 6.19. The van der Waals surface area contributed by atoms with E-state index in [1.54, 1.807) is 18.7 Å². The Morgan fingerprint density at radius 2 is 2.08 bits per heavy atom. The molecule has 0 radical (unpaired) electrons. The van der Waals surface area contributed by atoms with Crippen LogP contribution in [0.4, 0.5) is 17.3 Å². The lowest BCUT2D eigenvalue weighted by Crippen LogP contribution is -2.37. The Morgan fingerprint density at radius 3 is 2.60 bits per heavy atom. The summed E-state index contributed by atoms with van der Waals surface area (Å²) in [7, 11) is 0. The van der Waals surface area contributed by atoms with Gasteiger partial charge in [-0.3, -0.25) is 10.1 Å². The van der Waals surface area contributed by atoms with E-state index in [9.17, 15) is 29.9 Å². The fourth-order valence-corrected chi connectivity index (χ4v) is 2.81. The number of nitrogens with one attached hydrogen (secondary N) is 1. The summed E-state index contributed by atoms with van der Waals surface area (Å²) in [5.41, 5.74) is -0.360. The standard InChI is InChI=1S/C15H20N4O6/c1-8(2)12(15(22)23)17-13-9(19(24)25)5-6-11(16-13)18-7-3-4-10(18)14(20)21/h5-6,8,10,12H,3-4,7H2,1-2H3,(H,16,17)(H,20,21)(H,22,23)/t10-,12+/m0/s1. The third-order valence-corrected chi connectivity index (χ3v) is 4.11. The number of hydrogen-bond donors (Lipinski definition) is 3. The van der Waals surface area contributed by atoms with Crippen molar-refractivity contribution in [1.82, 2.24) is 4.98 Å². The maximum Gasteiger partial charge on any atom is 0.326 e. The van der Waals surface area contributed by atoms with Gasteiger partial charge in [-0.05, 0) is 24.8 Å². The molecule has 0 aromatic carbocycles. The van der Waals surface area contributed by atoms with E-state index in [0.717, 1.165) is 0 Å². The van der Waals surface area contributed by atoms with Crippen LogP contribution in [0, 0.1) is 16.0 Å². The molecule has 2 rings (SSSR count). The lowest BCUT2D eigenvalue weighted by atomic mass is 10.0. The van der Waals surface area contributed by atoms with Crippen molar-refractivity contribution in [1.29, 1.82) is 0 Å². The maximum atomic E-state index is 11.4. The van der Waals surface area contributed by atoms with Crippen LogP contribution in [0.1, 0.15) is 26.7 Å². The molecule has 136 valence electrons. The van der Waals surface area contributed by atoms with Crippen molar-refractivity contribution in [2.75, 3.05) is 16.8 Å². The van der Waals surface area contributed by atoms with Crippen molar-refractivity contribution in [3.05, 3.63) is 22.2 Å². The minimum Gasteiger partial charge on any atom is -0.480 e. The van der Waals surface area contributed by atoms with Crippen molar-refractivity contribution in [2.45, 2.75) is 38.8 Å². The minimum absolute atomic E-state index is 0.181. The fourth-order valence-electron chi connectivity index (χ4n) is 2.81. The molecule has 0 aliphatic carbocycles. The number of nitro groups is 1. The average molecular weight is 352 g/mol. The molecule has 1 fully saturated rings. The van der Waals surface area contributed by atoms with Crippen molar-refractivity contribution < 1.29 is 24.7 Å². The highest BCUT2D eigenvalue weighted by atomic mass is 16.6. The largest absolute Gasteiger partial charge is 0.480 e. The average Bonchev–Trinajstić information content (AvgIpc) is 3.01. The Morgan fingerprint density at radius 1 is 1.40 bits per heavy atom. The first-order chi connectivity index (χ1) is 11.7. The zero-order valence-corrected chi connectivity index (χ0v) is 13.9. The van der Waals surface area contributed by atoms with Gasteiger partial charge in [0.25, 0.3) is 0 Å². The molecule has 25 heavy (non-hydrogen) atoms. The van der Waals surface area contributed by atoms with Gasteiger partial charge in [-0.15, -0.1) is 0 Å². The summed E-state index contributed by atoms with van der Waals surface area (Å²) in [4.78, 5) is 39.0. The quantitative estimate of drug-likeness (QED) is 0.491. The predicted octanol–water partition coefficient (Wildman–Crippen LogP) is 1.56. The summed E-state index contributed by atoms with van der Waals surface area (Å²) in [6.45, 7) is 3.80. The molecule has 1 aromatic rings. The molecule has 0 spiro atoms. The molecule has 3 N–H and O–H groups in total. The van der Waals surface area contributed by atoms with Gasteiger partial charge in [0, 0.05) is 12.6 Å². The van der Waals surface area contributed by atoms with Gasteiger partial charge in [0.1, 0.15) is 17.9 Å². The van der Waals surface area contributed by atoms with Gasteiger partial charge in [-0.25, -0.2) is 14.6 Å². The Hall–Kier alpha value is -2.91. The topological polar surface area (TPSA) is 146 Å². The van der Waals surface area contributed by atoms with Gasteiger partial charge in [0.2, 0.25) is 5.82 Å². The Labute approximate surface area is 143 Å². The monoisotopic (exact) mass is 352 g/mol. The Kier molecular flexibility index (Phi) is 5.40. The summed E-state index contributed by atoms with van der Waals surface area (Å²) in [6.07, 6.45) is 1.13. The number of aromatic nitrogens is 1. The van der Waals surface area contributed by atoms with E-state index in [4.69, 9.17) is 0 Å². The number of anilines is 2. The highest BCUT2D eigenvalue weighted by Crippen LogP contribution is 2.30. The van der Waals surface area contributed by atoms with Crippen LogP contribution in [0.5, 0.6) is 0 Å². The molecule has 0 bridgehead atoms. The van der Waals surface area contributed by atoms with Gasteiger partial charge in [-0.2, -0.15) is 0 Å². The molecule has 0 unspecified atom stereocenters. The first kappa shape index (κ1) is 18.4. The molecule has 2 atom stereocenters. The van der Waals surface area contributed by atoms with Crippen molar-refractivity contribution in [2.24, 2.45) is 5.92 Å². The van der Waals surface area contributed by atoms with Crippen molar-refractivity contribution in [3.8, 4) is 0 Å². The van der Waals surface area contributed by atoms with E-state index in [1.165, 1.54) is 12.1 Å². The summed E-state index contributed by atoms with van der Waals surface area (Å²) in [5, 5.41) is 32.4. The number of hydrogen-bond acceptors (Lipinski definition) is 7. The molecule has 1 aliphatic heterocycles. The number of carboxylic acid groups (broad SMARTS) is 2. The zero-order valence-electron chi connectivity index (χ0n) is 13.9. The van der Waals surface area contributed by atoms with E-state index >= 15 is 0 Å². The van der Waals surface area contributed by atoms with E-state index in [2.05, 4.69) is 10.3 Å². The minimum atomic E-state index is -1.15. The van der Waals surface area contributed by atoms with E-state index in [-0.39, 0.29) is 23.2 Å². The summed E-state index contributed by atoms with van der Waals surface area (Å²) >= 11 is 0. The normalized spacial score (nSPS) is 18.2. The highest BCUT2D eigenvalue weighted by Gasteiger charge is 2.33. The third kappa shape index (κ3) is 3.95. The molecule has 10 nitrogen and oxygen atoms in total. The number of rotatable bonds is 7. The van der Waals surface area contributed by atoms with Crippen molar-refractivity contribution >= 4 is 29.3 Å². The van der Waals surface area contributed by atoms with Gasteiger partial charge in [-0.1, -0.05) is 13.8 Å². The van der Waals surface area contributed by atoms with E-state index in [1.807, 2.05) is 0 Å². The van der Waals surface area contributed by atoms with Gasteiger partial charge >= 0.3 is 17.6 Å². The molecule has 1 aromatic heterocycles. The van der Waals surface area contributed by atoms with Crippen LogP contribution >= 0.6 is 0 Å². The maximum absolute atomic E-state index is 11.4. The van der Waals surface area contributed by atoms with Crippen LogP contribution in [-0.4, -0.2) is 50.7 Å². The molecule has 2 heterocycles. The SMILES string of the molecule is CC(C)[C@@H](Nc1nc(N2CCC[C@H]2C(=O)O)ccc1[N+](=O)[O-])C(=O)O. The molecule has 1 aliphatic rings. The predicted molar refractivity (Wildman–Crippen MR) is 88.8 cm³/mol. The summed E-state index contributed by atoms with van der Waals surface area (Å²) < 4.78 is 0. The molecule has 1 saturated heterocycles. The highest BCUT2D eigenvalue weighted by molar-refractivity contribution is 5.80. The first-order valence-electron chi connectivity index (χ1n) is 7.86. The molecule has 10 heteroatoms. The van der Waals surface area contributed by atoms with Gasteiger partial charge < -0.3 is 20.4 Å². The van der Waals surface area contributed by atoms with Crippen LogP contribution in [-0.2, 0) is 9.59 Å². The van der Waals surface area contributed by atoms with Crippen molar-refractivity contribution in [3.63, 3.8) is 0 Å². The smallest absolute Gasteiger partial charge is 0.326 e. The zero-order chi connectivity index (χ0) is 18.7. The Balaban J connectivity index is 2.41. The summed E-state index contributed by atoms with van der Waals surface area (Å²) in [6, 6.07) is 0.786. The number of nitrogens with zero attached hydrogens (tertiary/aromatic N) is 3. The fraction of sp³-hybridized carbons (Fsp3) is 0.533. The van der Waals surface area contributed by atoms with Crippen LogP contribution in [0.25, 0.3) is 0 Å². The molecular weight excluding hydrogens is 332 g/mol. The van der Waals surface area contributed by atoms with E-state index < -0.39 is 28.9 Å². The van der Waals surface area contributed by atoms with E-state index in [0.29, 0.717) is 19.4 Å². The molecular formula is C15H20N4O6. The van der Waals surface area contributed by atoms with Crippen LogP contribution in [0.2, 0.25) is 0 Å². The first-order valence-corrected chi connectivity index (χ1v) is 7.86. The third-order valence-electron chi connectivity index (χ3n) is 4.11. The van der Waals surface area contributed by atoms with Crippen LogP contribution in [0.3, 0.4) is 0 Å². The van der Waals surface area contributed by atoms with Crippen LogP contribution < -0.4 is 10.2 Å². The number of carbonyl (C=O) groups is 2. The lowest BCUT2D eigenvalue weighted by Gasteiger charge is -2.24. The molecule has 0 amide bonds. The number of pyridine rings is 1.